The molecular weight excluding hydrogens is 418 g/mol. The van der Waals surface area contributed by atoms with Crippen LogP contribution in [0.2, 0.25) is 0 Å². The van der Waals surface area contributed by atoms with Crippen LogP contribution in [0.3, 0.4) is 0 Å². The van der Waals surface area contributed by atoms with Gasteiger partial charge in [-0.3, -0.25) is 14.2 Å². The standard InChI is InChI=1S/C26H21N3O4/c1-16-12-17(2)14-18(13-16)27-22(30)15-28-23-20-10-6-7-11-21(20)33-24(23)25(31)29(26(28)32)19-8-4-3-5-9-19/h3-14H,15H2,1-2H3,(H,27,30). The molecule has 7 nitrogen and oxygen atoms in total. The number of fused-ring (bicyclic) bond motifs is 3. The summed E-state index contributed by atoms with van der Waals surface area (Å²) in [6, 6.07) is 21.4. The van der Waals surface area contributed by atoms with Gasteiger partial charge in [0.25, 0.3) is 0 Å². The van der Waals surface area contributed by atoms with Crippen LogP contribution in [0.1, 0.15) is 11.1 Å². The number of amides is 1. The Hall–Kier alpha value is -4.39. The average Bonchev–Trinajstić information content (AvgIpc) is 3.17. The summed E-state index contributed by atoms with van der Waals surface area (Å²) in [5, 5.41) is 3.46. The number of carbonyl (C=O) groups excluding carboxylic acids is 1. The molecule has 0 saturated heterocycles. The number of hydrogen-bond donors (Lipinski definition) is 1. The summed E-state index contributed by atoms with van der Waals surface area (Å²) >= 11 is 0. The highest BCUT2D eigenvalue weighted by atomic mass is 16.3. The minimum Gasteiger partial charge on any atom is -0.449 e. The normalized spacial score (nSPS) is 11.2. The fourth-order valence-electron chi connectivity index (χ4n) is 4.19. The highest BCUT2D eigenvalue weighted by Crippen LogP contribution is 2.26. The van der Waals surface area contributed by atoms with Crippen molar-refractivity contribution in [3.63, 3.8) is 0 Å². The topological polar surface area (TPSA) is 86.2 Å². The lowest BCUT2D eigenvalue weighted by molar-refractivity contribution is -0.116. The number of benzene rings is 3. The van der Waals surface area contributed by atoms with Gasteiger partial charge in [0, 0.05) is 11.1 Å². The first-order chi connectivity index (χ1) is 15.9. The molecule has 0 unspecified atom stereocenters. The van der Waals surface area contributed by atoms with E-state index in [2.05, 4.69) is 5.32 Å². The maximum atomic E-state index is 13.5. The zero-order valence-electron chi connectivity index (χ0n) is 18.2. The number of nitrogens with one attached hydrogen (secondary N) is 1. The molecule has 0 bridgehead atoms. The van der Waals surface area contributed by atoms with Crippen molar-refractivity contribution in [3.05, 3.63) is 105 Å². The third kappa shape index (κ3) is 3.63. The molecule has 3 aromatic carbocycles. The van der Waals surface area contributed by atoms with Gasteiger partial charge >= 0.3 is 11.2 Å². The summed E-state index contributed by atoms with van der Waals surface area (Å²) in [7, 11) is 0. The molecule has 0 saturated carbocycles. The van der Waals surface area contributed by atoms with Crippen molar-refractivity contribution in [3.8, 4) is 5.69 Å². The predicted molar refractivity (Wildman–Crippen MR) is 128 cm³/mol. The molecule has 0 atom stereocenters. The molecule has 5 aromatic rings. The summed E-state index contributed by atoms with van der Waals surface area (Å²) in [6.07, 6.45) is 0. The van der Waals surface area contributed by atoms with Gasteiger partial charge in [0.1, 0.15) is 17.6 Å². The Morgan fingerprint density at radius 1 is 0.909 bits per heavy atom. The van der Waals surface area contributed by atoms with Crippen LogP contribution in [-0.2, 0) is 11.3 Å². The number of anilines is 1. The number of nitrogens with zero attached hydrogens (tertiary/aromatic N) is 2. The quantitative estimate of drug-likeness (QED) is 0.456. The van der Waals surface area contributed by atoms with Gasteiger partial charge in [0.2, 0.25) is 11.5 Å². The van der Waals surface area contributed by atoms with Gasteiger partial charge in [0.05, 0.1) is 5.69 Å². The molecule has 2 aromatic heterocycles. The van der Waals surface area contributed by atoms with Gasteiger partial charge in [0.15, 0.2) is 0 Å². The van der Waals surface area contributed by atoms with Crippen molar-refractivity contribution in [2.75, 3.05) is 5.32 Å². The van der Waals surface area contributed by atoms with E-state index in [0.29, 0.717) is 27.9 Å². The maximum absolute atomic E-state index is 13.5. The Bertz CT molecular complexity index is 1620. The lowest BCUT2D eigenvalue weighted by Gasteiger charge is -2.13. The average molecular weight is 439 g/mol. The molecule has 0 radical (unpaired) electrons. The number of rotatable bonds is 4. The summed E-state index contributed by atoms with van der Waals surface area (Å²) < 4.78 is 8.18. The molecule has 0 aliphatic carbocycles. The molecule has 1 N–H and O–H groups in total. The molecule has 0 aliphatic heterocycles. The van der Waals surface area contributed by atoms with Crippen LogP contribution >= 0.6 is 0 Å². The SMILES string of the molecule is Cc1cc(C)cc(NC(=O)Cn2c(=O)n(-c3ccccc3)c(=O)c3oc4ccccc4c32)c1. The number of aromatic nitrogens is 2. The number of aryl methyl sites for hydroxylation is 2. The third-order valence-corrected chi connectivity index (χ3v) is 5.48. The van der Waals surface area contributed by atoms with E-state index in [-0.39, 0.29) is 18.0 Å². The van der Waals surface area contributed by atoms with Crippen molar-refractivity contribution >= 4 is 33.7 Å². The Labute approximate surface area is 188 Å². The number of para-hydroxylation sites is 2. The first-order valence-corrected chi connectivity index (χ1v) is 10.5. The van der Waals surface area contributed by atoms with Crippen LogP contribution < -0.4 is 16.6 Å². The second kappa shape index (κ2) is 7.94. The smallest absolute Gasteiger partial charge is 0.336 e. The molecule has 0 aliphatic rings. The second-order valence-corrected chi connectivity index (χ2v) is 8.05. The Balaban J connectivity index is 1.70. The number of carbonyl (C=O) groups is 1. The van der Waals surface area contributed by atoms with E-state index in [1.54, 1.807) is 54.6 Å². The second-order valence-electron chi connectivity index (χ2n) is 8.05. The lowest BCUT2D eigenvalue weighted by Crippen LogP contribution is -2.40. The zero-order valence-corrected chi connectivity index (χ0v) is 18.2. The number of furan rings is 1. The fourth-order valence-corrected chi connectivity index (χ4v) is 4.19. The van der Waals surface area contributed by atoms with E-state index in [0.717, 1.165) is 15.7 Å². The van der Waals surface area contributed by atoms with Crippen LogP contribution in [0.25, 0.3) is 27.8 Å². The molecule has 7 heteroatoms. The summed E-state index contributed by atoms with van der Waals surface area (Å²) in [6.45, 7) is 3.62. The Morgan fingerprint density at radius 3 is 2.30 bits per heavy atom. The van der Waals surface area contributed by atoms with Crippen LogP contribution in [0, 0.1) is 13.8 Å². The van der Waals surface area contributed by atoms with Crippen molar-refractivity contribution in [1.29, 1.82) is 0 Å². The minimum atomic E-state index is -0.610. The number of hydrogen-bond acceptors (Lipinski definition) is 4. The van der Waals surface area contributed by atoms with Gasteiger partial charge in [-0.25, -0.2) is 9.36 Å². The highest BCUT2D eigenvalue weighted by Gasteiger charge is 2.22. The van der Waals surface area contributed by atoms with Gasteiger partial charge < -0.3 is 9.73 Å². The van der Waals surface area contributed by atoms with E-state index in [1.807, 2.05) is 32.0 Å². The molecule has 0 spiro atoms. The van der Waals surface area contributed by atoms with Crippen molar-refractivity contribution in [1.82, 2.24) is 9.13 Å². The van der Waals surface area contributed by atoms with Gasteiger partial charge in [-0.05, 0) is 61.4 Å². The highest BCUT2D eigenvalue weighted by molar-refractivity contribution is 6.03. The maximum Gasteiger partial charge on any atom is 0.336 e. The summed E-state index contributed by atoms with van der Waals surface area (Å²) in [4.78, 5) is 39.8. The molecule has 0 fully saturated rings. The first-order valence-electron chi connectivity index (χ1n) is 10.5. The van der Waals surface area contributed by atoms with Crippen molar-refractivity contribution in [2.24, 2.45) is 0 Å². The Morgan fingerprint density at radius 2 is 1.58 bits per heavy atom. The summed E-state index contributed by atoms with van der Waals surface area (Å²) in [5.74, 6) is -0.382. The third-order valence-electron chi connectivity index (χ3n) is 5.48. The minimum absolute atomic E-state index is 0.0267. The molecule has 1 amide bonds. The molecule has 33 heavy (non-hydrogen) atoms. The molecule has 164 valence electrons. The molecular formula is C26H21N3O4. The monoisotopic (exact) mass is 439 g/mol. The van der Waals surface area contributed by atoms with Crippen LogP contribution in [0.15, 0.2) is 86.8 Å². The van der Waals surface area contributed by atoms with E-state index in [9.17, 15) is 14.4 Å². The van der Waals surface area contributed by atoms with Crippen molar-refractivity contribution < 1.29 is 9.21 Å². The largest absolute Gasteiger partial charge is 0.449 e. The van der Waals surface area contributed by atoms with E-state index >= 15 is 0 Å². The van der Waals surface area contributed by atoms with E-state index in [4.69, 9.17) is 4.42 Å². The zero-order chi connectivity index (χ0) is 23.1. The molecule has 5 rings (SSSR count). The fraction of sp³-hybridized carbons (Fsp3) is 0.115. The molecule has 2 heterocycles. The van der Waals surface area contributed by atoms with Gasteiger partial charge in [-0.1, -0.05) is 36.4 Å². The van der Waals surface area contributed by atoms with Crippen LogP contribution in [-0.4, -0.2) is 15.0 Å². The van der Waals surface area contributed by atoms with Crippen molar-refractivity contribution in [2.45, 2.75) is 20.4 Å². The van der Waals surface area contributed by atoms with Crippen LogP contribution in [0.5, 0.6) is 0 Å². The lowest BCUT2D eigenvalue weighted by atomic mass is 10.1. The first kappa shape index (κ1) is 20.5. The van der Waals surface area contributed by atoms with E-state index < -0.39 is 11.2 Å². The summed E-state index contributed by atoms with van der Waals surface area (Å²) in [5.41, 5.74) is 2.71. The van der Waals surface area contributed by atoms with Crippen LogP contribution in [0.4, 0.5) is 5.69 Å². The van der Waals surface area contributed by atoms with Gasteiger partial charge in [-0.2, -0.15) is 0 Å². The Kier molecular flexibility index (Phi) is 4.94. The van der Waals surface area contributed by atoms with Gasteiger partial charge in [-0.15, -0.1) is 0 Å². The predicted octanol–water partition coefficient (Wildman–Crippen LogP) is 4.15. The van der Waals surface area contributed by atoms with E-state index in [1.165, 1.54) is 4.57 Å².